The van der Waals surface area contributed by atoms with E-state index in [1.165, 1.54) is 10.8 Å². The van der Waals surface area contributed by atoms with Crippen molar-refractivity contribution in [1.29, 1.82) is 0 Å². The third-order valence-electron chi connectivity index (χ3n) is 4.65. The molecule has 0 aliphatic heterocycles. The summed E-state index contributed by atoms with van der Waals surface area (Å²) in [6, 6.07) is 1.54. The first kappa shape index (κ1) is 20.0. The molecular weight excluding hydrogens is 409 g/mol. The van der Waals surface area contributed by atoms with E-state index in [0.29, 0.717) is 39.3 Å². The van der Waals surface area contributed by atoms with Crippen LogP contribution in [-0.4, -0.2) is 48.1 Å². The van der Waals surface area contributed by atoms with Crippen molar-refractivity contribution in [2.75, 3.05) is 5.32 Å². The molecule has 0 aliphatic rings. The van der Waals surface area contributed by atoms with E-state index in [-0.39, 0.29) is 5.95 Å². The predicted molar refractivity (Wildman–Crippen MR) is 100 cm³/mol. The van der Waals surface area contributed by atoms with Gasteiger partial charge in [0, 0.05) is 23.3 Å². The molecule has 4 aromatic rings. The Hall–Kier alpha value is -3.31. The molecule has 0 amide bonds. The second-order valence-corrected chi connectivity index (χ2v) is 6.77. The SMILES string of the molecule is Cc1nc2ccc(-c3c[nH]c4nc(NC(C)C(F)(F)F)ncc34)nc2n1CC(F)F. The lowest BCUT2D eigenvalue weighted by molar-refractivity contribution is -0.138. The third kappa shape index (κ3) is 3.64. The molecule has 158 valence electrons. The minimum Gasteiger partial charge on any atom is -0.345 e. The molecule has 4 heterocycles. The van der Waals surface area contributed by atoms with E-state index >= 15 is 0 Å². The summed E-state index contributed by atoms with van der Waals surface area (Å²) in [5, 5.41) is 2.74. The van der Waals surface area contributed by atoms with Crippen LogP contribution >= 0.6 is 0 Å². The molecule has 1 unspecified atom stereocenters. The molecule has 0 radical (unpaired) electrons. The smallest absolute Gasteiger partial charge is 0.345 e. The fourth-order valence-electron chi connectivity index (χ4n) is 3.09. The first-order valence-corrected chi connectivity index (χ1v) is 8.93. The number of anilines is 1. The average molecular weight is 425 g/mol. The van der Waals surface area contributed by atoms with Crippen molar-refractivity contribution in [2.24, 2.45) is 0 Å². The maximum absolute atomic E-state index is 12.9. The highest BCUT2D eigenvalue weighted by atomic mass is 19.4. The second kappa shape index (κ2) is 7.18. The zero-order valence-electron chi connectivity index (χ0n) is 15.8. The third-order valence-corrected chi connectivity index (χ3v) is 4.65. The fourth-order valence-corrected chi connectivity index (χ4v) is 3.09. The van der Waals surface area contributed by atoms with Crippen molar-refractivity contribution < 1.29 is 22.0 Å². The normalized spacial score (nSPS) is 13.5. The lowest BCUT2D eigenvalue weighted by atomic mass is 10.1. The van der Waals surface area contributed by atoms with Crippen LogP contribution in [-0.2, 0) is 6.54 Å². The molecule has 0 aromatic carbocycles. The first-order valence-electron chi connectivity index (χ1n) is 8.93. The fraction of sp³-hybridized carbons (Fsp3) is 0.333. The summed E-state index contributed by atoms with van der Waals surface area (Å²) in [6.07, 6.45) is -4.02. The van der Waals surface area contributed by atoms with Gasteiger partial charge in [-0.15, -0.1) is 0 Å². The van der Waals surface area contributed by atoms with Gasteiger partial charge in [-0.05, 0) is 26.0 Å². The molecule has 0 bridgehead atoms. The Bertz CT molecular complexity index is 1210. The van der Waals surface area contributed by atoms with E-state index in [1.54, 1.807) is 25.3 Å². The van der Waals surface area contributed by atoms with Crippen molar-refractivity contribution in [3.05, 3.63) is 30.4 Å². The number of aromatic amines is 1. The van der Waals surface area contributed by atoms with Gasteiger partial charge in [-0.3, -0.25) is 0 Å². The summed E-state index contributed by atoms with van der Waals surface area (Å²) in [7, 11) is 0. The minimum absolute atomic E-state index is 0.172. The van der Waals surface area contributed by atoms with Gasteiger partial charge in [0.25, 0.3) is 6.43 Å². The standard InChI is InChI=1S/C18H16F5N7/c1-8(18(21,22)23)26-17-25-6-11-10(5-24-15(11)29-17)12-3-4-13-16(28-12)30(7-14(19)20)9(2)27-13/h3-6,8,14H,7H2,1-2H3,(H2,24,25,26,29). The highest BCUT2D eigenvalue weighted by Gasteiger charge is 2.36. The van der Waals surface area contributed by atoms with Gasteiger partial charge in [0.1, 0.15) is 23.0 Å². The Balaban J connectivity index is 1.72. The lowest BCUT2D eigenvalue weighted by Crippen LogP contribution is -2.33. The number of nitrogens with one attached hydrogen (secondary N) is 2. The molecule has 4 rings (SSSR count). The highest BCUT2D eigenvalue weighted by Crippen LogP contribution is 2.29. The second-order valence-electron chi connectivity index (χ2n) is 6.77. The molecule has 30 heavy (non-hydrogen) atoms. The topological polar surface area (TPSA) is 84.3 Å². The average Bonchev–Trinajstić information content (AvgIpc) is 3.21. The van der Waals surface area contributed by atoms with E-state index < -0.39 is 25.2 Å². The monoisotopic (exact) mass is 425 g/mol. The molecule has 12 heteroatoms. The first-order chi connectivity index (χ1) is 14.1. The summed E-state index contributed by atoms with van der Waals surface area (Å²) in [5.74, 6) is 0.251. The Labute approximate surface area is 166 Å². The summed E-state index contributed by atoms with van der Waals surface area (Å²) in [6.45, 7) is 2.07. The molecule has 0 spiro atoms. The van der Waals surface area contributed by atoms with Crippen LogP contribution in [0.2, 0.25) is 0 Å². The van der Waals surface area contributed by atoms with Crippen molar-refractivity contribution >= 4 is 28.1 Å². The van der Waals surface area contributed by atoms with Gasteiger partial charge in [-0.25, -0.2) is 23.7 Å². The van der Waals surface area contributed by atoms with Crippen LogP contribution in [0.5, 0.6) is 0 Å². The number of alkyl halides is 5. The quantitative estimate of drug-likeness (QED) is 0.466. The summed E-state index contributed by atoms with van der Waals surface area (Å²) in [5.41, 5.74) is 2.18. The van der Waals surface area contributed by atoms with E-state index in [1.807, 2.05) is 0 Å². The molecule has 7 nitrogen and oxygen atoms in total. The van der Waals surface area contributed by atoms with Gasteiger partial charge in [-0.1, -0.05) is 0 Å². The van der Waals surface area contributed by atoms with Gasteiger partial charge >= 0.3 is 6.18 Å². The summed E-state index contributed by atoms with van der Waals surface area (Å²) in [4.78, 5) is 19.6. The van der Waals surface area contributed by atoms with Crippen molar-refractivity contribution in [3.8, 4) is 11.3 Å². The van der Waals surface area contributed by atoms with Crippen molar-refractivity contribution in [3.63, 3.8) is 0 Å². The van der Waals surface area contributed by atoms with Gasteiger partial charge in [0.2, 0.25) is 5.95 Å². The maximum atomic E-state index is 12.9. The number of H-pyrrole nitrogens is 1. The zero-order valence-corrected chi connectivity index (χ0v) is 15.8. The van der Waals surface area contributed by atoms with E-state index in [4.69, 9.17) is 0 Å². The lowest BCUT2D eigenvalue weighted by Gasteiger charge is -2.16. The molecule has 0 saturated carbocycles. The van der Waals surface area contributed by atoms with E-state index in [0.717, 1.165) is 6.92 Å². The molecule has 0 saturated heterocycles. The predicted octanol–water partition coefficient (Wildman–Crippen LogP) is 4.31. The van der Waals surface area contributed by atoms with Gasteiger partial charge in [-0.2, -0.15) is 18.2 Å². The number of aryl methyl sites for hydroxylation is 1. The number of aromatic nitrogens is 6. The van der Waals surface area contributed by atoms with Gasteiger partial charge in [0.15, 0.2) is 5.65 Å². The van der Waals surface area contributed by atoms with Crippen LogP contribution in [0, 0.1) is 6.92 Å². The van der Waals surface area contributed by atoms with Crippen LogP contribution in [0.4, 0.5) is 27.9 Å². The Morgan fingerprint density at radius 2 is 1.93 bits per heavy atom. The molecule has 2 N–H and O–H groups in total. The van der Waals surface area contributed by atoms with Crippen LogP contribution in [0.25, 0.3) is 33.5 Å². The highest BCUT2D eigenvalue weighted by molar-refractivity contribution is 5.93. The maximum Gasteiger partial charge on any atom is 0.408 e. The number of hydrogen-bond acceptors (Lipinski definition) is 5. The number of pyridine rings is 1. The molecule has 1 atom stereocenters. The number of nitrogens with zero attached hydrogens (tertiary/aromatic N) is 5. The molecule has 4 aromatic heterocycles. The zero-order chi connectivity index (χ0) is 21.6. The van der Waals surface area contributed by atoms with E-state index in [9.17, 15) is 22.0 Å². The Morgan fingerprint density at radius 3 is 2.63 bits per heavy atom. The van der Waals surface area contributed by atoms with Crippen LogP contribution in [0.15, 0.2) is 24.5 Å². The van der Waals surface area contributed by atoms with E-state index in [2.05, 4.69) is 30.2 Å². The number of rotatable bonds is 5. The van der Waals surface area contributed by atoms with Crippen LogP contribution in [0.3, 0.4) is 0 Å². The minimum atomic E-state index is -4.43. The number of fused-ring (bicyclic) bond motifs is 2. The van der Waals surface area contributed by atoms with Crippen molar-refractivity contribution in [1.82, 2.24) is 29.5 Å². The number of hydrogen-bond donors (Lipinski definition) is 2. The molecule has 0 fully saturated rings. The van der Waals surface area contributed by atoms with Crippen LogP contribution < -0.4 is 5.32 Å². The molecular formula is C18H16F5N7. The van der Waals surface area contributed by atoms with Gasteiger partial charge in [0.05, 0.1) is 12.2 Å². The largest absolute Gasteiger partial charge is 0.408 e. The Kier molecular flexibility index (Phi) is 4.79. The van der Waals surface area contributed by atoms with Gasteiger partial charge < -0.3 is 14.9 Å². The van der Waals surface area contributed by atoms with Crippen LogP contribution in [0.1, 0.15) is 12.7 Å². The summed E-state index contributed by atoms with van der Waals surface area (Å²) >= 11 is 0. The molecule has 0 aliphatic carbocycles. The van der Waals surface area contributed by atoms with Crippen molar-refractivity contribution in [2.45, 2.75) is 39.0 Å². The summed E-state index contributed by atoms with van der Waals surface area (Å²) < 4.78 is 65.4. The Morgan fingerprint density at radius 1 is 1.17 bits per heavy atom. The number of halogens is 5. The number of imidazole rings is 1.